The quantitative estimate of drug-likeness (QED) is 0.753. The van der Waals surface area contributed by atoms with E-state index in [9.17, 15) is 10.1 Å². The van der Waals surface area contributed by atoms with Gasteiger partial charge in [-0.05, 0) is 29.8 Å². The van der Waals surface area contributed by atoms with Crippen LogP contribution < -0.4 is 19.5 Å². The number of rotatable bonds is 5. The van der Waals surface area contributed by atoms with E-state index in [1.165, 1.54) is 21.3 Å². The van der Waals surface area contributed by atoms with Crippen molar-refractivity contribution in [2.45, 2.75) is 18.6 Å². The lowest BCUT2D eigenvalue weighted by Crippen LogP contribution is -2.32. The number of hydrogen-bond donors (Lipinski definition) is 2. The van der Waals surface area contributed by atoms with E-state index in [0.29, 0.717) is 34.9 Å². The molecule has 2 unspecified atom stereocenters. The molecule has 2 atom stereocenters. The van der Waals surface area contributed by atoms with Gasteiger partial charge in [0, 0.05) is 23.6 Å². The van der Waals surface area contributed by atoms with Gasteiger partial charge < -0.3 is 29.4 Å². The van der Waals surface area contributed by atoms with Gasteiger partial charge in [0.25, 0.3) is 0 Å². The highest BCUT2D eigenvalue weighted by Gasteiger charge is 2.33. The second-order valence-corrected chi connectivity index (χ2v) is 6.14. The van der Waals surface area contributed by atoms with Gasteiger partial charge in [-0.2, -0.15) is 5.26 Å². The number of methoxy groups -OCH3 is 3. The molecule has 1 aliphatic heterocycles. The molecule has 0 aliphatic carbocycles. The first-order valence-corrected chi connectivity index (χ1v) is 8.51. The smallest absolute Gasteiger partial charge is 0.493 e. The third kappa shape index (κ3) is 3.47. The largest absolute Gasteiger partial charge is 0.507 e. The Balaban J connectivity index is 2.17. The third-order valence-electron chi connectivity index (χ3n) is 4.68. The molecule has 2 aromatic rings. The second kappa shape index (κ2) is 7.96. The van der Waals surface area contributed by atoms with Crippen LogP contribution in [0.1, 0.15) is 29.0 Å². The van der Waals surface area contributed by atoms with Gasteiger partial charge >= 0.3 is 6.16 Å². The number of anilines is 1. The molecule has 1 heterocycles. The van der Waals surface area contributed by atoms with Crippen molar-refractivity contribution in [3.63, 3.8) is 0 Å². The highest BCUT2D eigenvalue weighted by molar-refractivity contribution is 5.66. The van der Waals surface area contributed by atoms with Crippen molar-refractivity contribution >= 4 is 11.8 Å². The number of carbonyl (C=O) groups is 1. The fraction of sp³-hybridized carbons (Fsp3) is 0.300. The van der Waals surface area contributed by atoms with Crippen molar-refractivity contribution < 1.29 is 28.8 Å². The van der Waals surface area contributed by atoms with Gasteiger partial charge in [-0.1, -0.05) is 6.07 Å². The molecule has 8 heteroatoms. The zero-order valence-electron chi connectivity index (χ0n) is 15.7. The molecule has 2 N–H and O–H groups in total. The van der Waals surface area contributed by atoms with Crippen LogP contribution >= 0.6 is 0 Å². The van der Waals surface area contributed by atoms with Crippen molar-refractivity contribution in [1.29, 1.82) is 5.26 Å². The van der Waals surface area contributed by atoms with E-state index in [-0.39, 0.29) is 5.92 Å². The van der Waals surface area contributed by atoms with Gasteiger partial charge in [-0.25, -0.2) is 4.79 Å². The summed E-state index contributed by atoms with van der Waals surface area (Å²) >= 11 is 0. The predicted molar refractivity (Wildman–Crippen MR) is 100 cm³/mol. The number of nitrogens with one attached hydrogen (secondary N) is 1. The molecule has 28 heavy (non-hydrogen) atoms. The van der Waals surface area contributed by atoms with Gasteiger partial charge in [-0.3, -0.25) is 0 Å². The van der Waals surface area contributed by atoms with Crippen LogP contribution in [0.4, 0.5) is 10.5 Å². The Bertz CT molecular complexity index is 937. The standard InChI is InChI=1S/C20H20N2O6/c1-25-16-7-5-12(18(26-2)19(16)27-3)13-9-17(28-20(23)24)22-15-6-4-11(10-21)8-14(13)15/h4-8,13,17,22H,9H2,1-3H3,(H,23,24). The first kappa shape index (κ1) is 19.2. The summed E-state index contributed by atoms with van der Waals surface area (Å²) in [5.74, 6) is 1.15. The number of carboxylic acid groups (broad SMARTS) is 1. The Morgan fingerprint density at radius 2 is 1.86 bits per heavy atom. The fourth-order valence-corrected chi connectivity index (χ4v) is 3.52. The summed E-state index contributed by atoms with van der Waals surface area (Å²) in [5, 5.41) is 21.4. The molecule has 0 bridgehead atoms. The zero-order chi connectivity index (χ0) is 20.3. The SMILES string of the molecule is COc1ccc(C2CC(OC(=O)O)Nc3ccc(C#N)cc32)c(OC)c1OC. The molecule has 0 radical (unpaired) electrons. The topological polar surface area (TPSA) is 110 Å². The Morgan fingerprint density at radius 1 is 1.11 bits per heavy atom. The van der Waals surface area contributed by atoms with Crippen molar-refractivity contribution in [2.75, 3.05) is 26.6 Å². The number of nitrogens with zero attached hydrogens (tertiary/aromatic N) is 1. The minimum atomic E-state index is -1.37. The van der Waals surface area contributed by atoms with E-state index >= 15 is 0 Å². The average Bonchev–Trinajstić information content (AvgIpc) is 2.71. The summed E-state index contributed by atoms with van der Waals surface area (Å²) in [6.07, 6.45) is -1.80. The van der Waals surface area contributed by atoms with Crippen molar-refractivity contribution in [3.8, 4) is 23.3 Å². The lowest BCUT2D eigenvalue weighted by atomic mass is 9.83. The fourth-order valence-electron chi connectivity index (χ4n) is 3.52. The monoisotopic (exact) mass is 384 g/mol. The van der Waals surface area contributed by atoms with Gasteiger partial charge in [0.2, 0.25) is 5.75 Å². The molecule has 0 saturated heterocycles. The highest BCUT2D eigenvalue weighted by atomic mass is 16.7. The molecule has 0 saturated carbocycles. The number of fused-ring (bicyclic) bond motifs is 1. The van der Waals surface area contributed by atoms with Gasteiger partial charge in [0.15, 0.2) is 17.7 Å². The Morgan fingerprint density at radius 3 is 2.46 bits per heavy atom. The van der Waals surface area contributed by atoms with Crippen LogP contribution in [0.25, 0.3) is 0 Å². The highest BCUT2D eigenvalue weighted by Crippen LogP contribution is 2.48. The maximum absolute atomic E-state index is 11.1. The summed E-state index contributed by atoms with van der Waals surface area (Å²) in [6, 6.07) is 10.9. The molecule has 3 rings (SSSR count). The molecule has 0 spiro atoms. The van der Waals surface area contributed by atoms with Crippen LogP contribution in [0, 0.1) is 11.3 Å². The minimum Gasteiger partial charge on any atom is -0.493 e. The molecular formula is C20H20N2O6. The maximum atomic E-state index is 11.1. The van der Waals surface area contributed by atoms with Gasteiger partial charge in [0.1, 0.15) is 0 Å². The normalized spacial score (nSPS) is 17.5. The van der Waals surface area contributed by atoms with Crippen LogP contribution in [0.2, 0.25) is 0 Å². The summed E-state index contributed by atoms with van der Waals surface area (Å²) in [4.78, 5) is 11.1. The summed E-state index contributed by atoms with van der Waals surface area (Å²) < 4.78 is 21.4. The molecule has 146 valence electrons. The molecule has 0 amide bonds. The Hall–Kier alpha value is -3.60. The van der Waals surface area contributed by atoms with E-state index in [0.717, 1.165) is 11.1 Å². The molecule has 2 aromatic carbocycles. The first-order valence-electron chi connectivity index (χ1n) is 8.51. The lowest BCUT2D eigenvalue weighted by molar-refractivity contribution is 0.0561. The number of nitriles is 1. The predicted octanol–water partition coefficient (Wildman–Crippen LogP) is 3.55. The van der Waals surface area contributed by atoms with Crippen LogP contribution in [0.3, 0.4) is 0 Å². The van der Waals surface area contributed by atoms with Crippen LogP contribution in [-0.2, 0) is 4.74 Å². The summed E-state index contributed by atoms with van der Waals surface area (Å²) in [5.41, 5.74) is 2.81. The van der Waals surface area contributed by atoms with Crippen molar-refractivity contribution in [2.24, 2.45) is 0 Å². The minimum absolute atomic E-state index is 0.288. The number of ether oxygens (including phenoxy) is 4. The van der Waals surface area contributed by atoms with Crippen molar-refractivity contribution in [3.05, 3.63) is 47.0 Å². The Labute approximate surface area is 162 Å². The number of benzene rings is 2. The summed E-state index contributed by atoms with van der Waals surface area (Å²) in [6.45, 7) is 0. The second-order valence-electron chi connectivity index (χ2n) is 6.14. The van der Waals surface area contributed by atoms with Crippen LogP contribution in [0.15, 0.2) is 30.3 Å². The average molecular weight is 384 g/mol. The molecule has 1 aliphatic rings. The first-order chi connectivity index (χ1) is 13.5. The molecule has 0 fully saturated rings. The maximum Gasteiger partial charge on any atom is 0.507 e. The van der Waals surface area contributed by atoms with Crippen LogP contribution in [0.5, 0.6) is 17.2 Å². The Kier molecular flexibility index (Phi) is 5.45. The lowest BCUT2D eigenvalue weighted by Gasteiger charge is -2.33. The third-order valence-corrected chi connectivity index (χ3v) is 4.68. The van der Waals surface area contributed by atoms with E-state index in [4.69, 9.17) is 24.1 Å². The van der Waals surface area contributed by atoms with E-state index < -0.39 is 12.4 Å². The van der Waals surface area contributed by atoms with Crippen LogP contribution in [-0.4, -0.2) is 38.8 Å². The molecule has 0 aromatic heterocycles. The van der Waals surface area contributed by atoms with E-state index in [2.05, 4.69) is 11.4 Å². The molecule has 8 nitrogen and oxygen atoms in total. The summed E-state index contributed by atoms with van der Waals surface area (Å²) in [7, 11) is 4.58. The number of hydrogen-bond acceptors (Lipinski definition) is 7. The van der Waals surface area contributed by atoms with Gasteiger partial charge in [0.05, 0.1) is 33.0 Å². The van der Waals surface area contributed by atoms with E-state index in [1.54, 1.807) is 24.3 Å². The zero-order valence-corrected chi connectivity index (χ0v) is 15.7. The molecular weight excluding hydrogens is 364 g/mol. The van der Waals surface area contributed by atoms with E-state index in [1.807, 2.05) is 6.07 Å². The van der Waals surface area contributed by atoms with Crippen molar-refractivity contribution in [1.82, 2.24) is 0 Å². The van der Waals surface area contributed by atoms with Gasteiger partial charge in [-0.15, -0.1) is 0 Å².